The summed E-state index contributed by atoms with van der Waals surface area (Å²) < 4.78 is 7.02. The molecule has 1 aromatic carbocycles. The molecule has 0 unspecified atom stereocenters. The van der Waals surface area contributed by atoms with Crippen LogP contribution in [0.4, 0.5) is 11.5 Å². The van der Waals surface area contributed by atoms with E-state index in [0.29, 0.717) is 42.9 Å². The fourth-order valence-electron chi connectivity index (χ4n) is 2.91. The van der Waals surface area contributed by atoms with Gasteiger partial charge < -0.3 is 15.4 Å². The number of carbonyl (C=O) groups excluding carboxylic acids is 1. The van der Waals surface area contributed by atoms with Crippen molar-refractivity contribution in [2.24, 2.45) is 0 Å². The van der Waals surface area contributed by atoms with Crippen LogP contribution in [-0.4, -0.2) is 63.1 Å². The van der Waals surface area contributed by atoms with Crippen LogP contribution < -0.4 is 10.6 Å². The molecule has 0 saturated carbocycles. The van der Waals surface area contributed by atoms with Gasteiger partial charge in [0.05, 0.1) is 29.7 Å². The number of hydrogen-bond acceptors (Lipinski definition) is 9. The number of rotatable bonds is 11. The van der Waals surface area contributed by atoms with E-state index in [9.17, 15) is 14.9 Å². The van der Waals surface area contributed by atoms with Gasteiger partial charge >= 0.3 is 0 Å². The first-order valence-corrected chi connectivity index (χ1v) is 10.9. The number of carbonyl (C=O) groups is 1. The molecular weight excluding hydrogens is 422 g/mol. The number of ether oxygens (including phenoxy) is 1. The van der Waals surface area contributed by atoms with Crippen LogP contribution in [0.25, 0.3) is 11.0 Å². The Bertz CT molecular complexity index is 1070. The van der Waals surface area contributed by atoms with Crippen LogP contribution in [0.3, 0.4) is 0 Å². The van der Waals surface area contributed by atoms with Gasteiger partial charge in [-0.1, -0.05) is 23.9 Å². The summed E-state index contributed by atoms with van der Waals surface area (Å²) >= 11 is 1.42. The molecule has 12 heteroatoms. The minimum Gasteiger partial charge on any atom is -0.380 e. The van der Waals surface area contributed by atoms with Crippen LogP contribution in [0.1, 0.15) is 17.3 Å². The molecule has 2 N–H and O–H groups in total. The third-order valence-electron chi connectivity index (χ3n) is 4.36. The number of nitrogens with zero attached hydrogens (tertiary/aromatic N) is 5. The molecule has 0 atom stereocenters. The first kappa shape index (κ1) is 22.4. The van der Waals surface area contributed by atoms with Crippen molar-refractivity contribution >= 4 is 40.2 Å². The van der Waals surface area contributed by atoms with Crippen LogP contribution >= 0.6 is 11.8 Å². The Morgan fingerprint density at radius 2 is 2.10 bits per heavy atom. The minimum atomic E-state index is -0.573. The molecule has 0 fully saturated rings. The van der Waals surface area contributed by atoms with Crippen LogP contribution in [-0.2, 0) is 11.3 Å². The van der Waals surface area contributed by atoms with Crippen LogP contribution in [0, 0.1) is 10.1 Å². The SMILES string of the molecule is CCOCCNc1nc(SC)nc2c1cnn2CCNC(=O)c1ccccc1[N+](=O)[O-]. The molecule has 0 aliphatic carbocycles. The Hall–Kier alpha value is -3.25. The van der Waals surface area contributed by atoms with Crippen molar-refractivity contribution in [1.82, 2.24) is 25.1 Å². The van der Waals surface area contributed by atoms with Crippen molar-refractivity contribution in [3.63, 3.8) is 0 Å². The summed E-state index contributed by atoms with van der Waals surface area (Å²) in [5.74, 6) is 0.158. The van der Waals surface area contributed by atoms with Gasteiger partial charge in [0.15, 0.2) is 10.8 Å². The maximum Gasteiger partial charge on any atom is 0.282 e. The van der Waals surface area contributed by atoms with Crippen molar-refractivity contribution < 1.29 is 14.5 Å². The summed E-state index contributed by atoms with van der Waals surface area (Å²) in [7, 11) is 0. The van der Waals surface area contributed by atoms with Gasteiger partial charge in [0, 0.05) is 25.8 Å². The molecule has 2 aromatic heterocycles. The van der Waals surface area contributed by atoms with Gasteiger partial charge in [-0.25, -0.2) is 14.6 Å². The normalized spacial score (nSPS) is 10.9. The second-order valence-corrected chi connectivity index (χ2v) is 7.09. The Morgan fingerprint density at radius 1 is 1.29 bits per heavy atom. The van der Waals surface area contributed by atoms with Gasteiger partial charge in [-0.3, -0.25) is 14.9 Å². The predicted octanol–water partition coefficient (Wildman–Crippen LogP) is 2.33. The molecule has 3 rings (SSSR count). The van der Waals surface area contributed by atoms with Crippen molar-refractivity contribution in [2.45, 2.75) is 18.6 Å². The maximum atomic E-state index is 12.4. The Labute approximate surface area is 182 Å². The fourth-order valence-corrected chi connectivity index (χ4v) is 3.27. The molecule has 0 radical (unpaired) electrons. The molecule has 3 aromatic rings. The van der Waals surface area contributed by atoms with Gasteiger partial charge in [-0.15, -0.1) is 0 Å². The monoisotopic (exact) mass is 445 g/mol. The molecule has 2 heterocycles. The van der Waals surface area contributed by atoms with Gasteiger partial charge in [-0.2, -0.15) is 5.10 Å². The summed E-state index contributed by atoms with van der Waals surface area (Å²) in [6, 6.07) is 5.84. The average molecular weight is 446 g/mol. The number of para-hydroxylation sites is 1. The molecule has 0 saturated heterocycles. The quantitative estimate of drug-likeness (QED) is 0.150. The number of aromatic nitrogens is 4. The number of nitro groups is 1. The lowest BCUT2D eigenvalue weighted by atomic mass is 10.1. The molecule has 0 spiro atoms. The second-order valence-electron chi connectivity index (χ2n) is 6.32. The number of fused-ring (bicyclic) bond motifs is 1. The van der Waals surface area contributed by atoms with Crippen molar-refractivity contribution in [3.05, 3.63) is 46.1 Å². The summed E-state index contributed by atoms with van der Waals surface area (Å²) in [5.41, 5.74) is 0.425. The van der Waals surface area contributed by atoms with E-state index in [0.717, 1.165) is 5.39 Å². The Kier molecular flexibility index (Phi) is 7.73. The molecular formula is C19H23N7O4S. The van der Waals surface area contributed by atoms with E-state index in [-0.39, 0.29) is 17.8 Å². The van der Waals surface area contributed by atoms with E-state index in [4.69, 9.17) is 4.74 Å². The van der Waals surface area contributed by atoms with Crippen molar-refractivity contribution in [1.29, 1.82) is 0 Å². The van der Waals surface area contributed by atoms with E-state index in [1.54, 1.807) is 16.9 Å². The highest BCUT2D eigenvalue weighted by Gasteiger charge is 2.19. The molecule has 164 valence electrons. The summed E-state index contributed by atoms with van der Waals surface area (Å²) in [6.45, 7) is 4.32. The highest BCUT2D eigenvalue weighted by atomic mass is 32.2. The highest BCUT2D eigenvalue weighted by Crippen LogP contribution is 2.23. The number of hydrogen-bond donors (Lipinski definition) is 2. The number of anilines is 1. The molecule has 11 nitrogen and oxygen atoms in total. The van der Waals surface area contributed by atoms with Gasteiger partial charge in [0.1, 0.15) is 11.4 Å². The molecule has 0 bridgehead atoms. The maximum absolute atomic E-state index is 12.4. The zero-order valence-electron chi connectivity index (χ0n) is 17.2. The largest absolute Gasteiger partial charge is 0.380 e. The smallest absolute Gasteiger partial charge is 0.282 e. The molecule has 31 heavy (non-hydrogen) atoms. The minimum absolute atomic E-state index is 0.0191. The summed E-state index contributed by atoms with van der Waals surface area (Å²) in [6.07, 6.45) is 3.56. The molecule has 0 aliphatic heterocycles. The van der Waals surface area contributed by atoms with E-state index in [1.807, 2.05) is 13.2 Å². The van der Waals surface area contributed by atoms with E-state index in [1.165, 1.54) is 30.0 Å². The number of thioether (sulfide) groups is 1. The van der Waals surface area contributed by atoms with Gasteiger partial charge in [0.25, 0.3) is 11.6 Å². The van der Waals surface area contributed by atoms with E-state index < -0.39 is 10.8 Å². The standard InChI is InChI=1S/C19H23N7O4S/c1-3-30-11-9-20-16-14-12-22-25(17(14)24-19(23-16)31-2)10-8-21-18(27)13-6-4-5-7-15(13)26(28)29/h4-7,12H,3,8-11H2,1-2H3,(H,21,27)(H,20,23,24). The summed E-state index contributed by atoms with van der Waals surface area (Å²) in [5, 5.41) is 22.8. The van der Waals surface area contributed by atoms with Crippen molar-refractivity contribution in [2.75, 3.05) is 37.9 Å². The number of amides is 1. The average Bonchev–Trinajstić information content (AvgIpc) is 3.19. The predicted molar refractivity (Wildman–Crippen MR) is 118 cm³/mol. The lowest BCUT2D eigenvalue weighted by molar-refractivity contribution is -0.385. The first-order valence-electron chi connectivity index (χ1n) is 9.66. The zero-order valence-corrected chi connectivity index (χ0v) is 18.0. The third-order valence-corrected chi connectivity index (χ3v) is 4.90. The Morgan fingerprint density at radius 3 is 2.84 bits per heavy atom. The second kappa shape index (κ2) is 10.7. The lowest BCUT2D eigenvalue weighted by Crippen LogP contribution is -2.28. The van der Waals surface area contributed by atoms with E-state index >= 15 is 0 Å². The highest BCUT2D eigenvalue weighted by molar-refractivity contribution is 7.98. The first-order chi connectivity index (χ1) is 15.0. The van der Waals surface area contributed by atoms with E-state index in [2.05, 4.69) is 25.7 Å². The van der Waals surface area contributed by atoms with Crippen LogP contribution in [0.2, 0.25) is 0 Å². The van der Waals surface area contributed by atoms with Gasteiger partial charge in [-0.05, 0) is 19.2 Å². The third kappa shape index (κ3) is 5.47. The van der Waals surface area contributed by atoms with Gasteiger partial charge in [0.2, 0.25) is 0 Å². The lowest BCUT2D eigenvalue weighted by Gasteiger charge is -2.09. The van der Waals surface area contributed by atoms with Crippen molar-refractivity contribution in [3.8, 4) is 0 Å². The zero-order chi connectivity index (χ0) is 22.2. The topological polar surface area (TPSA) is 137 Å². The molecule has 0 aliphatic rings. The fraction of sp³-hybridized carbons (Fsp3) is 0.368. The number of nitro benzene ring substituents is 1. The van der Waals surface area contributed by atoms with Crippen LogP contribution in [0.15, 0.2) is 35.6 Å². The summed E-state index contributed by atoms with van der Waals surface area (Å²) in [4.78, 5) is 32.0. The number of benzene rings is 1. The van der Waals surface area contributed by atoms with Crippen LogP contribution in [0.5, 0.6) is 0 Å². The number of nitrogens with one attached hydrogen (secondary N) is 2. The molecule has 1 amide bonds. The Balaban J connectivity index is 1.71.